The molecule has 0 bridgehead atoms. The second-order valence-corrected chi connectivity index (χ2v) is 9.49. The Kier molecular flexibility index (Phi) is 7.36. The molecule has 0 spiro atoms. The summed E-state index contributed by atoms with van der Waals surface area (Å²) >= 11 is 7.84. The molecule has 0 radical (unpaired) electrons. The zero-order valence-corrected chi connectivity index (χ0v) is 20.4. The van der Waals surface area contributed by atoms with Crippen LogP contribution >= 0.6 is 22.9 Å². The highest BCUT2D eigenvalue weighted by atomic mass is 35.5. The number of carbonyl (C=O) groups is 2. The molecule has 2 amide bonds. The monoisotopic (exact) mass is 482 g/mol. The van der Waals surface area contributed by atoms with E-state index in [1.54, 1.807) is 47.6 Å². The largest absolute Gasteiger partial charge is 0.497 e. The van der Waals surface area contributed by atoms with Gasteiger partial charge in [0, 0.05) is 28.6 Å². The Balaban J connectivity index is 1.60. The van der Waals surface area contributed by atoms with E-state index >= 15 is 0 Å². The maximum atomic E-state index is 13.6. The molecule has 2 aromatic carbocycles. The van der Waals surface area contributed by atoms with Crippen molar-refractivity contribution in [2.24, 2.45) is 0 Å². The molecule has 1 aliphatic rings. The van der Waals surface area contributed by atoms with Gasteiger partial charge in [0.1, 0.15) is 12.3 Å². The quantitative estimate of drug-likeness (QED) is 0.450. The molecule has 3 aromatic rings. The van der Waals surface area contributed by atoms with Crippen molar-refractivity contribution in [3.8, 4) is 5.75 Å². The summed E-state index contributed by atoms with van der Waals surface area (Å²) in [4.78, 5) is 31.7. The second kappa shape index (κ2) is 10.4. The van der Waals surface area contributed by atoms with Crippen LogP contribution in [0.1, 0.15) is 45.7 Å². The van der Waals surface area contributed by atoms with Crippen molar-refractivity contribution in [2.75, 3.05) is 26.7 Å². The minimum atomic E-state index is -0.180. The van der Waals surface area contributed by atoms with E-state index in [2.05, 4.69) is 11.4 Å². The van der Waals surface area contributed by atoms with E-state index in [0.717, 1.165) is 24.0 Å². The van der Waals surface area contributed by atoms with Gasteiger partial charge in [0.2, 0.25) is 5.91 Å². The smallest absolute Gasteiger partial charge is 0.254 e. The number of nitrogens with zero attached hydrogens (tertiary/aromatic N) is 2. The molecule has 1 unspecified atom stereocenters. The highest BCUT2D eigenvalue weighted by molar-refractivity contribution is 7.10. The molecule has 0 N–H and O–H groups in total. The fourth-order valence-electron chi connectivity index (χ4n) is 4.30. The standard InChI is InChI=1S/C26H27ClN2O3S/c1-3-13-28(26(31)19-5-4-6-21(16-19)32-2)17-24(30)29-14-11-23-22(12-15-33-23)25(29)18-7-9-20(27)10-8-18/h4-10,12,15-16,25H,3,11,13-14,17H2,1-2H3. The van der Waals surface area contributed by atoms with E-state index < -0.39 is 0 Å². The first-order valence-corrected chi connectivity index (χ1v) is 12.3. The van der Waals surface area contributed by atoms with Gasteiger partial charge < -0.3 is 14.5 Å². The van der Waals surface area contributed by atoms with Crippen LogP contribution < -0.4 is 4.74 Å². The lowest BCUT2D eigenvalue weighted by atomic mass is 9.93. The molecule has 33 heavy (non-hydrogen) atoms. The molecule has 1 atom stereocenters. The van der Waals surface area contributed by atoms with Crippen molar-refractivity contribution in [1.29, 1.82) is 0 Å². The average Bonchev–Trinajstić information content (AvgIpc) is 3.32. The third kappa shape index (κ3) is 5.07. The topological polar surface area (TPSA) is 49.9 Å². The third-order valence-corrected chi connectivity index (χ3v) is 7.14. The van der Waals surface area contributed by atoms with E-state index in [0.29, 0.717) is 29.4 Å². The minimum absolute atomic E-state index is 0.0352. The Morgan fingerprint density at radius 2 is 1.97 bits per heavy atom. The summed E-state index contributed by atoms with van der Waals surface area (Å²) in [7, 11) is 1.57. The van der Waals surface area contributed by atoms with Crippen LogP contribution in [0.4, 0.5) is 0 Å². The third-order valence-electron chi connectivity index (χ3n) is 5.90. The highest BCUT2D eigenvalue weighted by Gasteiger charge is 2.34. The lowest BCUT2D eigenvalue weighted by molar-refractivity contribution is -0.134. The Hall–Kier alpha value is -2.83. The Morgan fingerprint density at radius 3 is 2.70 bits per heavy atom. The molecule has 0 fully saturated rings. The van der Waals surface area contributed by atoms with Crippen molar-refractivity contribution >= 4 is 34.8 Å². The van der Waals surface area contributed by atoms with Crippen LogP contribution in [0.3, 0.4) is 0 Å². The molecule has 172 valence electrons. The number of methoxy groups -OCH3 is 1. The van der Waals surface area contributed by atoms with Gasteiger partial charge in [-0.2, -0.15) is 0 Å². The number of hydrogen-bond acceptors (Lipinski definition) is 4. The Labute approximate surface area is 203 Å². The number of rotatable bonds is 7. The van der Waals surface area contributed by atoms with Crippen LogP contribution in [0.2, 0.25) is 5.02 Å². The van der Waals surface area contributed by atoms with E-state index in [4.69, 9.17) is 16.3 Å². The van der Waals surface area contributed by atoms with Gasteiger partial charge >= 0.3 is 0 Å². The summed E-state index contributed by atoms with van der Waals surface area (Å²) in [6.07, 6.45) is 1.58. The van der Waals surface area contributed by atoms with Crippen molar-refractivity contribution in [3.05, 3.63) is 86.6 Å². The molecule has 2 heterocycles. The molecule has 0 saturated heterocycles. The molecular weight excluding hydrogens is 456 g/mol. The SMILES string of the molecule is CCCN(CC(=O)N1CCc2sccc2C1c1ccc(Cl)cc1)C(=O)c1cccc(OC)c1. The lowest BCUT2D eigenvalue weighted by Gasteiger charge is -2.37. The molecule has 4 rings (SSSR count). The van der Waals surface area contributed by atoms with Crippen LogP contribution in [-0.4, -0.2) is 48.4 Å². The summed E-state index contributed by atoms with van der Waals surface area (Å²) in [5.74, 6) is 0.393. The van der Waals surface area contributed by atoms with Crippen molar-refractivity contribution < 1.29 is 14.3 Å². The van der Waals surface area contributed by atoms with Crippen LogP contribution in [-0.2, 0) is 11.2 Å². The van der Waals surface area contributed by atoms with Gasteiger partial charge in [-0.05, 0) is 65.7 Å². The first kappa shape index (κ1) is 23.3. The van der Waals surface area contributed by atoms with Gasteiger partial charge in [0.25, 0.3) is 5.91 Å². The molecule has 0 aliphatic carbocycles. The maximum absolute atomic E-state index is 13.6. The molecule has 0 saturated carbocycles. The summed E-state index contributed by atoms with van der Waals surface area (Å²) in [5, 5.41) is 2.74. The second-order valence-electron chi connectivity index (χ2n) is 8.05. The molecule has 1 aromatic heterocycles. The zero-order valence-electron chi connectivity index (χ0n) is 18.8. The predicted molar refractivity (Wildman–Crippen MR) is 132 cm³/mol. The summed E-state index contributed by atoms with van der Waals surface area (Å²) in [6, 6.07) is 16.6. The predicted octanol–water partition coefficient (Wildman–Crippen LogP) is 5.44. The van der Waals surface area contributed by atoms with E-state index in [1.807, 2.05) is 36.1 Å². The number of benzene rings is 2. The number of hydrogen-bond donors (Lipinski definition) is 0. The van der Waals surface area contributed by atoms with Gasteiger partial charge in [0.05, 0.1) is 13.2 Å². The molecule has 5 nitrogen and oxygen atoms in total. The number of carbonyl (C=O) groups excluding carboxylic acids is 2. The van der Waals surface area contributed by atoms with Gasteiger partial charge in [-0.25, -0.2) is 0 Å². The highest BCUT2D eigenvalue weighted by Crippen LogP contribution is 2.38. The van der Waals surface area contributed by atoms with Crippen LogP contribution in [0.5, 0.6) is 5.75 Å². The number of amides is 2. The van der Waals surface area contributed by atoms with Crippen molar-refractivity contribution in [2.45, 2.75) is 25.8 Å². The van der Waals surface area contributed by atoms with Crippen LogP contribution in [0, 0.1) is 0 Å². The summed E-state index contributed by atoms with van der Waals surface area (Å²) in [5.41, 5.74) is 2.69. The number of halogens is 1. The van der Waals surface area contributed by atoms with E-state index in [9.17, 15) is 9.59 Å². The van der Waals surface area contributed by atoms with Gasteiger partial charge in [0.15, 0.2) is 0 Å². The summed E-state index contributed by atoms with van der Waals surface area (Å²) in [6.45, 7) is 3.16. The first-order valence-electron chi connectivity index (χ1n) is 11.1. The van der Waals surface area contributed by atoms with Gasteiger partial charge in [-0.3, -0.25) is 9.59 Å². The van der Waals surface area contributed by atoms with Gasteiger partial charge in [-0.15, -0.1) is 11.3 Å². The number of thiophene rings is 1. The number of fused-ring (bicyclic) bond motifs is 1. The van der Waals surface area contributed by atoms with Crippen molar-refractivity contribution in [1.82, 2.24) is 9.80 Å². The average molecular weight is 483 g/mol. The zero-order chi connectivity index (χ0) is 23.4. The lowest BCUT2D eigenvalue weighted by Crippen LogP contribution is -2.47. The van der Waals surface area contributed by atoms with Gasteiger partial charge in [-0.1, -0.05) is 36.7 Å². The maximum Gasteiger partial charge on any atom is 0.254 e. The summed E-state index contributed by atoms with van der Waals surface area (Å²) < 4.78 is 5.26. The Morgan fingerprint density at radius 1 is 1.18 bits per heavy atom. The fourth-order valence-corrected chi connectivity index (χ4v) is 5.33. The molecule has 7 heteroatoms. The Bertz CT molecular complexity index is 1130. The van der Waals surface area contributed by atoms with Crippen LogP contribution in [0.15, 0.2) is 60.0 Å². The van der Waals surface area contributed by atoms with E-state index in [-0.39, 0.29) is 24.4 Å². The first-order chi connectivity index (χ1) is 16.0. The molecule has 1 aliphatic heterocycles. The van der Waals surface area contributed by atoms with E-state index in [1.165, 1.54) is 4.88 Å². The minimum Gasteiger partial charge on any atom is -0.497 e. The normalized spacial score (nSPS) is 15.1. The fraction of sp³-hybridized carbons (Fsp3) is 0.308. The van der Waals surface area contributed by atoms with Crippen molar-refractivity contribution in [3.63, 3.8) is 0 Å². The molecular formula is C26H27ClN2O3S. The van der Waals surface area contributed by atoms with Crippen LogP contribution in [0.25, 0.3) is 0 Å². The number of ether oxygens (including phenoxy) is 1.